The van der Waals surface area contributed by atoms with Crippen molar-refractivity contribution in [2.45, 2.75) is 19.3 Å². The molecular weight excluding hydrogens is 1180 g/mol. The normalized spacial score (nSPS) is 10.3. The zero-order valence-electron chi connectivity index (χ0n) is 47.4. The van der Waals surface area contributed by atoms with Gasteiger partial charge in [0.25, 0.3) is 17.7 Å². The lowest BCUT2D eigenvalue weighted by atomic mass is 10.2. The van der Waals surface area contributed by atoms with E-state index in [1.807, 2.05) is 109 Å². The molecule has 0 saturated heterocycles. The van der Waals surface area contributed by atoms with E-state index in [0.29, 0.717) is 106 Å². The number of amides is 3. The Labute approximate surface area is 516 Å². The van der Waals surface area contributed by atoms with Crippen molar-refractivity contribution in [2.24, 2.45) is 0 Å². The average molecular weight is 1240 g/mol. The third-order valence-corrected chi connectivity index (χ3v) is 12.6. The van der Waals surface area contributed by atoms with Gasteiger partial charge in [0.05, 0.1) is 36.4 Å². The highest BCUT2D eigenvalue weighted by Crippen LogP contribution is 2.26. The molecule has 21 nitrogen and oxygen atoms in total. The van der Waals surface area contributed by atoms with Gasteiger partial charge in [0.1, 0.15) is 34.5 Å². The van der Waals surface area contributed by atoms with Crippen LogP contribution in [0.2, 0.25) is 15.1 Å². The van der Waals surface area contributed by atoms with Crippen molar-refractivity contribution >= 4 is 52.5 Å². The van der Waals surface area contributed by atoms with E-state index < -0.39 is 0 Å². The van der Waals surface area contributed by atoms with Crippen molar-refractivity contribution < 1.29 is 56.4 Å². The summed E-state index contributed by atoms with van der Waals surface area (Å²) in [6.45, 7) is 0.707. The lowest BCUT2D eigenvalue weighted by Gasteiger charge is -2.07. The van der Waals surface area contributed by atoms with Crippen molar-refractivity contribution in [1.29, 1.82) is 0 Å². The molecule has 3 N–H and O–H groups in total. The first kappa shape index (κ1) is 64.6. The average Bonchev–Trinajstić information content (AvgIpc) is 3.37. The van der Waals surface area contributed by atoms with Gasteiger partial charge in [-0.2, -0.15) is 15.0 Å². The maximum atomic E-state index is 11.8. The molecule has 450 valence electrons. The number of ether oxygens (including phenoxy) is 6. The molecule has 0 bridgehead atoms. The number of rotatable bonds is 24. The Morgan fingerprint density at radius 1 is 0.368 bits per heavy atom. The first-order valence-electron chi connectivity index (χ1n) is 26.8. The lowest BCUT2D eigenvalue weighted by molar-refractivity contribution is -0.123. The van der Waals surface area contributed by atoms with Crippen LogP contribution >= 0.6 is 34.8 Å². The van der Waals surface area contributed by atoms with E-state index in [9.17, 15) is 14.4 Å². The maximum absolute atomic E-state index is 11.8. The molecule has 0 atom stereocenters. The molecule has 24 heteroatoms. The van der Waals surface area contributed by atoms with Gasteiger partial charge in [-0.15, -0.1) is 0 Å². The number of benzene rings is 7. The molecule has 10 rings (SSSR count). The summed E-state index contributed by atoms with van der Waals surface area (Å²) in [5.41, 5.74) is 2.47. The minimum Gasteiger partial charge on any atom is -0.497 e. The number of nitrogens with one attached hydrogen (secondary N) is 3. The SMILES string of the molecule is COc1ccc(-c2noc(CCNC(=O)COc3ccccc3Cl)n2)cc1.COc1ccc(-c2noc(CCNC(=O)COc3ccccc3Cl)n2)cc1.COc1ccc(-c2noc(CCNC(=O)COc3ccccc3Cl)n2)cc1.c1ccccc1. The summed E-state index contributed by atoms with van der Waals surface area (Å²) in [7, 11) is 4.82. The molecule has 3 aromatic heterocycles. The van der Waals surface area contributed by atoms with E-state index >= 15 is 0 Å². The van der Waals surface area contributed by atoms with Crippen molar-refractivity contribution in [2.75, 3.05) is 60.8 Å². The predicted molar refractivity (Wildman–Crippen MR) is 326 cm³/mol. The summed E-state index contributed by atoms with van der Waals surface area (Å²) >= 11 is 17.9. The lowest BCUT2D eigenvalue weighted by Crippen LogP contribution is -2.30. The summed E-state index contributed by atoms with van der Waals surface area (Å²) in [6.07, 6.45) is 1.25. The minimum absolute atomic E-state index is 0.120. The Bertz CT molecular complexity index is 3290. The first-order chi connectivity index (χ1) is 42.5. The molecule has 87 heavy (non-hydrogen) atoms. The third kappa shape index (κ3) is 22.2. The number of nitrogens with zero attached hydrogens (tertiary/aromatic N) is 6. The van der Waals surface area contributed by atoms with Crippen LogP contribution in [0.15, 0.2) is 196 Å². The fraction of sp³-hybridized carbons (Fsp3) is 0.190. The summed E-state index contributed by atoms with van der Waals surface area (Å²) in [4.78, 5) is 48.5. The summed E-state index contributed by atoms with van der Waals surface area (Å²) < 4.78 is 47.1. The number of aromatic nitrogens is 6. The predicted octanol–water partition coefficient (Wildman–Crippen LogP) is 11.1. The van der Waals surface area contributed by atoms with Gasteiger partial charge in [-0.05, 0) is 109 Å². The Morgan fingerprint density at radius 2 is 0.621 bits per heavy atom. The van der Waals surface area contributed by atoms with Crippen LogP contribution in [0.5, 0.6) is 34.5 Å². The van der Waals surface area contributed by atoms with E-state index in [1.54, 1.807) is 94.1 Å². The van der Waals surface area contributed by atoms with Crippen LogP contribution in [0.25, 0.3) is 34.2 Å². The van der Waals surface area contributed by atoms with Gasteiger partial charge in [-0.25, -0.2) is 0 Å². The van der Waals surface area contributed by atoms with Crippen molar-refractivity contribution in [3.05, 3.63) is 215 Å². The van der Waals surface area contributed by atoms with Gasteiger partial charge in [0, 0.05) is 55.6 Å². The molecular formula is C63H60Cl3N9O12. The highest BCUT2D eigenvalue weighted by atomic mass is 35.5. The molecule has 0 aliphatic heterocycles. The van der Waals surface area contributed by atoms with Crippen molar-refractivity contribution in [3.63, 3.8) is 0 Å². The van der Waals surface area contributed by atoms with E-state index in [-0.39, 0.29) is 37.5 Å². The minimum atomic E-state index is -0.259. The standard InChI is InChI=1S/3C19H18ClN3O4.C6H6/c3*1-25-14-8-6-13(7-9-14)19-22-18(27-23-19)10-11-21-17(24)12-26-16-5-3-2-4-15(16)20;1-2-4-6-5-3-1/h3*2-9H,10-12H2,1H3,(H,21,24);1-6H. The number of halogens is 3. The van der Waals surface area contributed by atoms with Crippen LogP contribution < -0.4 is 44.4 Å². The molecule has 10 aromatic rings. The largest absolute Gasteiger partial charge is 0.497 e. The quantitative estimate of drug-likeness (QED) is 0.0508. The van der Waals surface area contributed by atoms with E-state index in [2.05, 4.69) is 46.4 Å². The van der Waals surface area contributed by atoms with Crippen LogP contribution in [0, 0.1) is 0 Å². The molecule has 0 aliphatic rings. The zero-order valence-corrected chi connectivity index (χ0v) is 49.7. The van der Waals surface area contributed by atoms with Gasteiger partial charge in [0.2, 0.25) is 35.1 Å². The van der Waals surface area contributed by atoms with Gasteiger partial charge in [-0.3, -0.25) is 14.4 Å². The third-order valence-electron chi connectivity index (χ3n) is 11.7. The monoisotopic (exact) mass is 1240 g/mol. The van der Waals surface area contributed by atoms with Crippen LogP contribution in [0.3, 0.4) is 0 Å². The Morgan fingerprint density at radius 3 is 0.862 bits per heavy atom. The van der Waals surface area contributed by atoms with Crippen molar-refractivity contribution in [1.82, 2.24) is 46.4 Å². The zero-order chi connectivity index (χ0) is 61.4. The first-order valence-corrected chi connectivity index (χ1v) is 27.9. The molecule has 0 radical (unpaired) electrons. The van der Waals surface area contributed by atoms with E-state index in [1.165, 1.54) is 0 Å². The summed E-state index contributed by atoms with van der Waals surface area (Å²) in [5.74, 6) is 5.66. The molecule has 7 aromatic carbocycles. The molecule has 0 saturated carbocycles. The number of hydrogen-bond acceptors (Lipinski definition) is 18. The molecule has 3 amide bonds. The van der Waals surface area contributed by atoms with Crippen LogP contribution in [-0.2, 0) is 33.6 Å². The maximum Gasteiger partial charge on any atom is 0.257 e. The molecule has 0 unspecified atom stereocenters. The van der Waals surface area contributed by atoms with Gasteiger partial charge in [-0.1, -0.05) is 123 Å². The fourth-order valence-corrected chi connectivity index (χ4v) is 7.79. The number of para-hydroxylation sites is 3. The topological polar surface area (TPSA) is 259 Å². The molecule has 0 aliphatic carbocycles. The number of methoxy groups -OCH3 is 3. The summed E-state index contributed by atoms with van der Waals surface area (Å²) in [5, 5.41) is 21.4. The van der Waals surface area contributed by atoms with Crippen LogP contribution in [0.4, 0.5) is 0 Å². The Kier molecular flexibility index (Phi) is 26.3. The Balaban J connectivity index is 0.000000177. The van der Waals surface area contributed by atoms with Gasteiger partial charge >= 0.3 is 0 Å². The molecule has 0 spiro atoms. The smallest absolute Gasteiger partial charge is 0.257 e. The number of hydrogen-bond donors (Lipinski definition) is 3. The Hall–Kier alpha value is -9.96. The second-order valence-electron chi connectivity index (χ2n) is 17.8. The highest BCUT2D eigenvalue weighted by Gasteiger charge is 2.14. The second kappa shape index (κ2) is 35.4. The van der Waals surface area contributed by atoms with Crippen LogP contribution in [-0.4, -0.2) is 109 Å². The van der Waals surface area contributed by atoms with E-state index in [0.717, 1.165) is 33.9 Å². The summed E-state index contributed by atoms with van der Waals surface area (Å²) in [6, 6.07) is 55.0. The van der Waals surface area contributed by atoms with Crippen molar-refractivity contribution in [3.8, 4) is 68.7 Å². The second-order valence-corrected chi connectivity index (χ2v) is 19.1. The fourth-order valence-electron chi connectivity index (χ4n) is 7.22. The molecule has 3 heterocycles. The number of carbonyl (C=O) groups is 3. The van der Waals surface area contributed by atoms with Gasteiger partial charge < -0.3 is 57.9 Å². The van der Waals surface area contributed by atoms with Crippen LogP contribution in [0.1, 0.15) is 17.7 Å². The number of carbonyl (C=O) groups excluding carboxylic acids is 3. The highest BCUT2D eigenvalue weighted by molar-refractivity contribution is 6.32. The molecule has 0 fully saturated rings. The van der Waals surface area contributed by atoms with E-state index in [4.69, 9.17) is 76.8 Å². The van der Waals surface area contributed by atoms with Gasteiger partial charge in [0.15, 0.2) is 19.8 Å².